The van der Waals surface area contributed by atoms with E-state index in [0.29, 0.717) is 31.1 Å². The zero-order valence-corrected chi connectivity index (χ0v) is 18.5. The average molecular weight is 423 g/mol. The molecule has 0 saturated carbocycles. The summed E-state index contributed by atoms with van der Waals surface area (Å²) in [6.45, 7) is 9.25. The van der Waals surface area contributed by atoms with Crippen molar-refractivity contribution in [2.75, 3.05) is 59.4 Å². The molecule has 0 spiro atoms. The van der Waals surface area contributed by atoms with Gasteiger partial charge >= 0.3 is 0 Å². The summed E-state index contributed by atoms with van der Waals surface area (Å²) < 4.78 is 27.1. The number of piperazine rings is 1. The van der Waals surface area contributed by atoms with E-state index in [1.807, 2.05) is 0 Å². The van der Waals surface area contributed by atoms with Crippen LogP contribution in [-0.2, 0) is 10.0 Å². The number of piperidine rings is 1. The standard InChI is InChI=1S/C21H34N4O3S/c1-18-8-12-25(13-9-18)29(27,28)20-6-4-19(5-7-20)21(26)22-10-3-11-24-16-14-23(2)15-17-24/h4-7,18H,3,8-17H2,1-2H3,(H,22,26). The maximum Gasteiger partial charge on any atom is 0.251 e. The smallest absolute Gasteiger partial charge is 0.251 e. The molecule has 8 heteroatoms. The van der Waals surface area contributed by atoms with Gasteiger partial charge in [0.2, 0.25) is 10.0 Å². The molecule has 0 radical (unpaired) electrons. The Balaban J connectivity index is 1.46. The SMILES string of the molecule is CC1CCN(S(=O)(=O)c2ccc(C(=O)NCCCN3CCN(C)CC3)cc2)CC1. The van der Waals surface area contributed by atoms with Crippen molar-refractivity contribution in [1.29, 1.82) is 0 Å². The van der Waals surface area contributed by atoms with Crippen LogP contribution in [0.5, 0.6) is 0 Å². The summed E-state index contributed by atoms with van der Waals surface area (Å²) in [6.07, 6.45) is 2.71. The molecule has 2 fully saturated rings. The highest BCUT2D eigenvalue weighted by atomic mass is 32.2. The zero-order chi connectivity index (χ0) is 20.9. The van der Waals surface area contributed by atoms with E-state index in [0.717, 1.165) is 52.0 Å². The van der Waals surface area contributed by atoms with E-state index in [9.17, 15) is 13.2 Å². The Morgan fingerprint density at radius 2 is 1.66 bits per heavy atom. The molecule has 2 saturated heterocycles. The fraction of sp³-hybridized carbons (Fsp3) is 0.667. The second-order valence-electron chi connectivity index (χ2n) is 8.37. The lowest BCUT2D eigenvalue weighted by Gasteiger charge is -2.32. The normalized spacial score (nSPS) is 20.6. The van der Waals surface area contributed by atoms with Crippen LogP contribution < -0.4 is 5.32 Å². The molecule has 0 atom stereocenters. The van der Waals surface area contributed by atoms with Crippen LogP contribution in [0.2, 0.25) is 0 Å². The molecule has 1 aromatic rings. The van der Waals surface area contributed by atoms with Crippen molar-refractivity contribution in [2.24, 2.45) is 5.92 Å². The number of amides is 1. The predicted octanol–water partition coefficient (Wildman–Crippen LogP) is 1.47. The molecule has 29 heavy (non-hydrogen) atoms. The molecule has 2 aliphatic heterocycles. The van der Waals surface area contributed by atoms with E-state index in [2.05, 4.69) is 29.1 Å². The molecule has 0 bridgehead atoms. The number of nitrogens with one attached hydrogen (secondary N) is 1. The summed E-state index contributed by atoms with van der Waals surface area (Å²) in [4.78, 5) is 17.4. The van der Waals surface area contributed by atoms with Crippen LogP contribution in [0.1, 0.15) is 36.5 Å². The van der Waals surface area contributed by atoms with Crippen LogP contribution in [0.25, 0.3) is 0 Å². The minimum atomic E-state index is -3.47. The summed E-state index contributed by atoms with van der Waals surface area (Å²) in [5, 5.41) is 2.94. The van der Waals surface area contributed by atoms with Crippen LogP contribution in [0.3, 0.4) is 0 Å². The number of likely N-dealkylation sites (N-methyl/N-ethyl adjacent to an activating group) is 1. The first-order chi connectivity index (χ1) is 13.9. The number of carbonyl (C=O) groups excluding carboxylic acids is 1. The van der Waals surface area contributed by atoms with Gasteiger partial charge in [0.1, 0.15) is 0 Å². The van der Waals surface area contributed by atoms with Gasteiger partial charge in [0, 0.05) is 51.4 Å². The van der Waals surface area contributed by atoms with E-state index < -0.39 is 10.0 Å². The van der Waals surface area contributed by atoms with Gasteiger partial charge in [-0.15, -0.1) is 0 Å². The molecule has 0 aliphatic carbocycles. The Kier molecular flexibility index (Phi) is 7.67. The van der Waals surface area contributed by atoms with Crippen molar-refractivity contribution in [3.05, 3.63) is 29.8 Å². The van der Waals surface area contributed by atoms with E-state index in [-0.39, 0.29) is 10.8 Å². The van der Waals surface area contributed by atoms with Crippen molar-refractivity contribution in [2.45, 2.75) is 31.1 Å². The third-order valence-electron chi connectivity index (χ3n) is 6.03. The van der Waals surface area contributed by atoms with Crippen molar-refractivity contribution < 1.29 is 13.2 Å². The zero-order valence-electron chi connectivity index (χ0n) is 17.6. The van der Waals surface area contributed by atoms with Crippen molar-refractivity contribution in [3.8, 4) is 0 Å². The van der Waals surface area contributed by atoms with Gasteiger partial charge in [-0.2, -0.15) is 4.31 Å². The highest BCUT2D eigenvalue weighted by molar-refractivity contribution is 7.89. The van der Waals surface area contributed by atoms with Crippen LogP contribution in [0.15, 0.2) is 29.2 Å². The molecule has 1 aromatic carbocycles. The first-order valence-corrected chi connectivity index (χ1v) is 12.1. The molecule has 7 nitrogen and oxygen atoms in total. The molecular weight excluding hydrogens is 388 g/mol. The highest BCUT2D eigenvalue weighted by Crippen LogP contribution is 2.23. The first kappa shape index (κ1) is 22.2. The quantitative estimate of drug-likeness (QED) is 0.674. The summed E-state index contributed by atoms with van der Waals surface area (Å²) in [5.41, 5.74) is 0.496. The van der Waals surface area contributed by atoms with Crippen LogP contribution in [-0.4, -0.2) is 87.8 Å². The molecule has 0 aromatic heterocycles. The summed E-state index contributed by atoms with van der Waals surface area (Å²) >= 11 is 0. The Morgan fingerprint density at radius 1 is 1.03 bits per heavy atom. The molecular formula is C21H34N4O3S. The molecule has 3 rings (SSSR count). The summed E-state index contributed by atoms with van der Waals surface area (Å²) in [5.74, 6) is 0.419. The van der Waals surface area contributed by atoms with Crippen molar-refractivity contribution >= 4 is 15.9 Å². The Bertz CT molecular complexity index is 766. The largest absolute Gasteiger partial charge is 0.352 e. The fourth-order valence-corrected chi connectivity index (χ4v) is 5.30. The maximum atomic E-state index is 12.8. The Labute approximate surface area is 175 Å². The first-order valence-electron chi connectivity index (χ1n) is 10.7. The highest BCUT2D eigenvalue weighted by Gasteiger charge is 2.28. The predicted molar refractivity (Wildman–Crippen MR) is 114 cm³/mol. The topological polar surface area (TPSA) is 73.0 Å². The molecule has 1 N–H and O–H groups in total. The van der Waals surface area contributed by atoms with Crippen molar-refractivity contribution in [3.63, 3.8) is 0 Å². The molecule has 0 unspecified atom stereocenters. The number of hydrogen-bond acceptors (Lipinski definition) is 5. The molecule has 2 aliphatic rings. The van der Waals surface area contributed by atoms with Gasteiger partial charge in [0.05, 0.1) is 4.90 Å². The lowest BCUT2D eigenvalue weighted by atomic mass is 10.0. The minimum Gasteiger partial charge on any atom is -0.352 e. The van der Waals surface area contributed by atoms with E-state index in [1.54, 1.807) is 28.6 Å². The van der Waals surface area contributed by atoms with Gasteiger partial charge < -0.3 is 15.1 Å². The van der Waals surface area contributed by atoms with Crippen molar-refractivity contribution in [1.82, 2.24) is 19.4 Å². The number of benzene rings is 1. The maximum absolute atomic E-state index is 12.8. The summed E-state index contributed by atoms with van der Waals surface area (Å²) in [7, 11) is -1.33. The van der Waals surface area contributed by atoms with E-state index >= 15 is 0 Å². The van der Waals surface area contributed by atoms with Gasteiger partial charge in [-0.25, -0.2) is 8.42 Å². The monoisotopic (exact) mass is 422 g/mol. The fourth-order valence-electron chi connectivity index (χ4n) is 3.83. The van der Waals surface area contributed by atoms with Crippen LogP contribution >= 0.6 is 0 Å². The van der Waals surface area contributed by atoms with Gasteiger partial charge in [0.25, 0.3) is 5.91 Å². The molecule has 1 amide bonds. The summed E-state index contributed by atoms with van der Waals surface area (Å²) in [6, 6.07) is 6.31. The lowest BCUT2D eigenvalue weighted by Crippen LogP contribution is -2.45. The van der Waals surface area contributed by atoms with Crippen LogP contribution in [0, 0.1) is 5.92 Å². The third-order valence-corrected chi connectivity index (χ3v) is 7.94. The lowest BCUT2D eigenvalue weighted by molar-refractivity contribution is 0.0949. The van der Waals surface area contributed by atoms with Crippen LogP contribution in [0.4, 0.5) is 0 Å². The molecule has 162 valence electrons. The van der Waals surface area contributed by atoms with E-state index in [1.165, 1.54) is 0 Å². The number of sulfonamides is 1. The van der Waals surface area contributed by atoms with Gasteiger partial charge in [-0.1, -0.05) is 6.92 Å². The molecule has 2 heterocycles. The Hall–Kier alpha value is -1.48. The third kappa shape index (κ3) is 6.01. The second kappa shape index (κ2) is 10.0. The number of nitrogens with zero attached hydrogens (tertiary/aromatic N) is 3. The number of hydrogen-bond donors (Lipinski definition) is 1. The number of carbonyl (C=O) groups is 1. The van der Waals surface area contributed by atoms with Gasteiger partial charge in [-0.3, -0.25) is 4.79 Å². The second-order valence-corrected chi connectivity index (χ2v) is 10.3. The number of rotatable bonds is 7. The Morgan fingerprint density at radius 3 is 2.28 bits per heavy atom. The minimum absolute atomic E-state index is 0.154. The van der Waals surface area contributed by atoms with Gasteiger partial charge in [-0.05, 0) is 63.0 Å². The average Bonchev–Trinajstić information content (AvgIpc) is 2.73. The van der Waals surface area contributed by atoms with Gasteiger partial charge in [0.15, 0.2) is 0 Å². The van der Waals surface area contributed by atoms with E-state index in [4.69, 9.17) is 0 Å².